The van der Waals surface area contributed by atoms with Crippen LogP contribution in [-0.2, 0) is 9.47 Å². The first kappa shape index (κ1) is 19.1. The molecular weight excluding hydrogens is 250 g/mol. The molecule has 1 saturated heterocycles. The van der Waals surface area contributed by atoms with Crippen LogP contribution in [0.3, 0.4) is 0 Å². The van der Waals surface area contributed by atoms with E-state index in [1.165, 1.54) is 25.2 Å². The van der Waals surface area contributed by atoms with Gasteiger partial charge < -0.3 is 14.4 Å². The van der Waals surface area contributed by atoms with Crippen molar-refractivity contribution in [3.63, 3.8) is 0 Å². The van der Waals surface area contributed by atoms with E-state index < -0.39 is 0 Å². The first-order valence-electron chi connectivity index (χ1n) is 7.64. The Morgan fingerprint density at radius 2 is 1.20 bits per heavy atom. The summed E-state index contributed by atoms with van der Waals surface area (Å²) in [7, 11) is 0. The van der Waals surface area contributed by atoms with Crippen molar-refractivity contribution in [2.75, 3.05) is 46.1 Å². The monoisotopic (exact) mass is 281 g/mol. The Morgan fingerprint density at radius 3 is 1.35 bits per heavy atom. The molecule has 3 nitrogen and oxygen atoms in total. The van der Waals surface area contributed by atoms with E-state index in [0.29, 0.717) is 0 Å². The third-order valence-electron chi connectivity index (χ3n) is 3.03. The molecule has 0 aromatic heterocycles. The Labute approximate surface area is 124 Å². The molecule has 1 fully saturated rings. The van der Waals surface area contributed by atoms with Crippen molar-refractivity contribution >= 4 is 0 Å². The van der Waals surface area contributed by atoms with Crippen LogP contribution in [0.15, 0.2) is 30.3 Å². The van der Waals surface area contributed by atoms with Crippen LogP contribution in [0.2, 0.25) is 0 Å². The molecule has 0 aliphatic carbocycles. The van der Waals surface area contributed by atoms with Crippen LogP contribution in [0.25, 0.3) is 0 Å². The molecule has 1 aromatic rings. The van der Waals surface area contributed by atoms with Crippen LogP contribution >= 0.6 is 0 Å². The quantitative estimate of drug-likeness (QED) is 0.848. The normalized spacial score (nSPS) is 13.8. The predicted octanol–water partition coefficient (Wildman–Crippen LogP) is 3.38. The Kier molecular flexibility index (Phi) is 13.9. The van der Waals surface area contributed by atoms with Crippen molar-refractivity contribution in [3.8, 4) is 0 Å². The molecule has 0 atom stereocenters. The maximum absolute atomic E-state index is 4.94. The number of hydrogen-bond donors (Lipinski definition) is 0. The summed E-state index contributed by atoms with van der Waals surface area (Å²) in [6.07, 6.45) is 0. The zero-order valence-electron chi connectivity index (χ0n) is 13.6. The van der Waals surface area contributed by atoms with Crippen molar-refractivity contribution in [2.24, 2.45) is 0 Å². The second-order valence-corrected chi connectivity index (χ2v) is 4.50. The molecular formula is C17H31NO2. The average molecular weight is 281 g/mol. The Balaban J connectivity index is 0.000000271. The van der Waals surface area contributed by atoms with E-state index in [1.54, 1.807) is 0 Å². The first-order chi connectivity index (χ1) is 9.74. The SMILES string of the molecule is C1COCCO1.CCN(CC)CC.Cc1ccccc1. The number of nitrogens with zero attached hydrogens (tertiary/aromatic N) is 1. The zero-order chi connectivity index (χ0) is 15.1. The van der Waals surface area contributed by atoms with Crippen LogP contribution in [-0.4, -0.2) is 51.0 Å². The van der Waals surface area contributed by atoms with Crippen LogP contribution in [0.4, 0.5) is 0 Å². The summed E-state index contributed by atoms with van der Waals surface area (Å²) in [4.78, 5) is 2.38. The second kappa shape index (κ2) is 14.5. The lowest BCUT2D eigenvalue weighted by Crippen LogP contribution is -2.21. The second-order valence-electron chi connectivity index (χ2n) is 4.50. The van der Waals surface area contributed by atoms with Gasteiger partial charge in [0.05, 0.1) is 26.4 Å². The molecule has 3 heteroatoms. The molecule has 1 aliphatic rings. The molecule has 2 rings (SSSR count). The number of ether oxygens (including phenoxy) is 2. The van der Waals surface area contributed by atoms with E-state index in [9.17, 15) is 0 Å². The Morgan fingerprint density at radius 1 is 0.800 bits per heavy atom. The molecule has 0 amide bonds. The van der Waals surface area contributed by atoms with E-state index in [2.05, 4.69) is 44.7 Å². The molecule has 116 valence electrons. The van der Waals surface area contributed by atoms with Gasteiger partial charge in [-0.15, -0.1) is 0 Å². The van der Waals surface area contributed by atoms with E-state index in [4.69, 9.17) is 9.47 Å². The minimum Gasteiger partial charge on any atom is -0.377 e. The summed E-state index contributed by atoms with van der Waals surface area (Å²) in [6, 6.07) is 10.3. The lowest BCUT2D eigenvalue weighted by molar-refractivity contribution is -0.0334. The highest BCUT2D eigenvalue weighted by atomic mass is 16.6. The molecule has 0 saturated carbocycles. The van der Waals surface area contributed by atoms with Gasteiger partial charge in [0.25, 0.3) is 0 Å². The Hall–Kier alpha value is -0.900. The maximum atomic E-state index is 4.94. The molecule has 0 spiro atoms. The highest BCUT2D eigenvalue weighted by molar-refractivity contribution is 5.11. The lowest BCUT2D eigenvalue weighted by atomic mass is 10.2. The Bertz CT molecular complexity index is 265. The van der Waals surface area contributed by atoms with Gasteiger partial charge in [0, 0.05) is 0 Å². The minimum atomic E-state index is 0.778. The zero-order valence-corrected chi connectivity index (χ0v) is 13.6. The van der Waals surface area contributed by atoms with Crippen molar-refractivity contribution in [2.45, 2.75) is 27.7 Å². The van der Waals surface area contributed by atoms with Crippen LogP contribution in [0.1, 0.15) is 26.3 Å². The van der Waals surface area contributed by atoms with Gasteiger partial charge in [-0.3, -0.25) is 0 Å². The fourth-order valence-corrected chi connectivity index (χ4v) is 1.65. The molecule has 0 unspecified atom stereocenters. The van der Waals surface area contributed by atoms with Gasteiger partial charge in [-0.1, -0.05) is 56.7 Å². The fourth-order valence-electron chi connectivity index (χ4n) is 1.65. The molecule has 0 bridgehead atoms. The average Bonchev–Trinajstić information content (AvgIpc) is 2.53. The number of rotatable bonds is 3. The van der Waals surface area contributed by atoms with E-state index in [1.807, 2.05) is 18.2 Å². The van der Waals surface area contributed by atoms with Crippen LogP contribution in [0.5, 0.6) is 0 Å². The van der Waals surface area contributed by atoms with Crippen molar-refractivity contribution in [3.05, 3.63) is 35.9 Å². The predicted molar refractivity (Wildman–Crippen MR) is 86.3 cm³/mol. The molecule has 0 N–H and O–H groups in total. The summed E-state index contributed by atoms with van der Waals surface area (Å²) in [6.45, 7) is 15.3. The van der Waals surface area contributed by atoms with Crippen molar-refractivity contribution < 1.29 is 9.47 Å². The topological polar surface area (TPSA) is 21.7 Å². The van der Waals surface area contributed by atoms with Crippen molar-refractivity contribution in [1.29, 1.82) is 0 Å². The van der Waals surface area contributed by atoms with E-state index in [-0.39, 0.29) is 0 Å². The maximum Gasteiger partial charge on any atom is 0.0701 e. The molecule has 0 radical (unpaired) electrons. The summed E-state index contributed by atoms with van der Waals surface area (Å²) in [5.41, 5.74) is 1.32. The number of hydrogen-bond acceptors (Lipinski definition) is 3. The fraction of sp³-hybridized carbons (Fsp3) is 0.647. The van der Waals surface area contributed by atoms with Crippen molar-refractivity contribution in [1.82, 2.24) is 4.90 Å². The van der Waals surface area contributed by atoms with Gasteiger partial charge in [-0.05, 0) is 26.6 Å². The summed E-state index contributed by atoms with van der Waals surface area (Å²) >= 11 is 0. The number of benzene rings is 1. The molecule has 1 aliphatic heterocycles. The van der Waals surface area contributed by atoms with Crippen LogP contribution in [0, 0.1) is 6.92 Å². The lowest BCUT2D eigenvalue weighted by Gasteiger charge is -2.13. The molecule has 1 aromatic carbocycles. The molecule has 20 heavy (non-hydrogen) atoms. The first-order valence-corrected chi connectivity index (χ1v) is 7.64. The van der Waals surface area contributed by atoms with Gasteiger partial charge >= 0.3 is 0 Å². The highest BCUT2D eigenvalue weighted by Gasteiger charge is 1.94. The van der Waals surface area contributed by atoms with Gasteiger partial charge in [-0.25, -0.2) is 0 Å². The highest BCUT2D eigenvalue weighted by Crippen LogP contribution is 1.92. The third kappa shape index (κ3) is 12.2. The van der Waals surface area contributed by atoms with E-state index in [0.717, 1.165) is 26.4 Å². The third-order valence-corrected chi connectivity index (χ3v) is 3.03. The standard InChI is InChI=1S/C7H8.C6H15N.C4H8O2/c1-7-5-3-2-4-6-7;1-4-7(5-2)6-3;1-2-6-4-3-5-1/h2-6H,1H3;4-6H2,1-3H3;1-4H2. The van der Waals surface area contributed by atoms with Gasteiger partial charge in [0.1, 0.15) is 0 Å². The number of aryl methyl sites for hydroxylation is 1. The van der Waals surface area contributed by atoms with Gasteiger partial charge in [0.15, 0.2) is 0 Å². The van der Waals surface area contributed by atoms with Crippen LogP contribution < -0.4 is 0 Å². The van der Waals surface area contributed by atoms with Gasteiger partial charge in [0.2, 0.25) is 0 Å². The van der Waals surface area contributed by atoms with E-state index >= 15 is 0 Å². The molecule has 1 heterocycles. The summed E-state index contributed by atoms with van der Waals surface area (Å²) < 4.78 is 9.89. The summed E-state index contributed by atoms with van der Waals surface area (Å²) in [5, 5.41) is 0. The minimum absolute atomic E-state index is 0.778. The largest absolute Gasteiger partial charge is 0.377 e. The van der Waals surface area contributed by atoms with Gasteiger partial charge in [-0.2, -0.15) is 0 Å². The summed E-state index contributed by atoms with van der Waals surface area (Å²) in [5.74, 6) is 0. The smallest absolute Gasteiger partial charge is 0.0701 e.